The zero-order valence-electron chi connectivity index (χ0n) is 23.4. The number of methoxy groups -OCH3 is 1. The molecular weight excluding hydrogens is 474 g/mol. The average molecular weight is 514 g/mol. The molecule has 0 bridgehead atoms. The first-order valence-corrected chi connectivity index (χ1v) is 13.5. The third kappa shape index (κ3) is 5.40. The van der Waals surface area contributed by atoms with Crippen LogP contribution in [-0.4, -0.2) is 33.7 Å². The second-order valence-electron chi connectivity index (χ2n) is 10.7. The molecule has 0 aliphatic heterocycles. The summed E-state index contributed by atoms with van der Waals surface area (Å²) in [5, 5.41) is 4.22. The molecule has 6 nitrogen and oxygen atoms in total. The molecule has 0 aliphatic rings. The van der Waals surface area contributed by atoms with E-state index < -0.39 is 11.5 Å². The highest BCUT2D eigenvalue weighted by Crippen LogP contribution is 2.36. The van der Waals surface area contributed by atoms with Crippen LogP contribution >= 0.6 is 0 Å². The zero-order chi connectivity index (χ0) is 27.4. The molecule has 0 saturated carbocycles. The highest BCUT2D eigenvalue weighted by Gasteiger charge is 2.28. The van der Waals surface area contributed by atoms with Crippen molar-refractivity contribution in [1.29, 1.82) is 0 Å². The lowest BCUT2D eigenvalue weighted by molar-refractivity contribution is 0.0599. The van der Waals surface area contributed by atoms with Gasteiger partial charge in [-0.1, -0.05) is 61.9 Å². The second-order valence-corrected chi connectivity index (χ2v) is 10.7. The van der Waals surface area contributed by atoms with E-state index in [1.165, 1.54) is 7.11 Å². The van der Waals surface area contributed by atoms with E-state index in [4.69, 9.17) is 4.74 Å². The molecule has 4 aromatic rings. The van der Waals surface area contributed by atoms with Crippen LogP contribution in [0.1, 0.15) is 79.6 Å². The first-order chi connectivity index (χ1) is 18.2. The van der Waals surface area contributed by atoms with Gasteiger partial charge in [-0.15, -0.1) is 0 Å². The van der Waals surface area contributed by atoms with E-state index >= 15 is 0 Å². The molecule has 38 heavy (non-hydrogen) atoms. The van der Waals surface area contributed by atoms with Crippen molar-refractivity contribution in [1.82, 2.24) is 14.5 Å². The molecule has 0 saturated heterocycles. The molecule has 0 atom stereocenters. The topological polar surface area (TPSA) is 65.3 Å². The van der Waals surface area contributed by atoms with E-state index in [1.54, 1.807) is 6.07 Å². The van der Waals surface area contributed by atoms with Crippen molar-refractivity contribution in [3.05, 3.63) is 83.2 Å². The molecule has 200 valence electrons. The number of unbranched alkanes of at least 4 members (excludes halogenated alkanes) is 1. The number of carbonyl (C=O) groups excluding carboxylic acids is 2. The van der Waals surface area contributed by atoms with Crippen LogP contribution in [0.25, 0.3) is 22.2 Å². The highest BCUT2D eigenvalue weighted by molar-refractivity contribution is 5.99. The van der Waals surface area contributed by atoms with E-state index in [1.807, 2.05) is 31.4 Å². The summed E-state index contributed by atoms with van der Waals surface area (Å²) in [6.45, 7) is 11.6. The van der Waals surface area contributed by atoms with Crippen molar-refractivity contribution in [2.75, 3.05) is 7.11 Å². The Bertz CT molecular complexity index is 1440. The summed E-state index contributed by atoms with van der Waals surface area (Å²) in [7, 11) is 1.39. The van der Waals surface area contributed by atoms with Gasteiger partial charge in [0, 0.05) is 41.6 Å². The van der Waals surface area contributed by atoms with Gasteiger partial charge in [-0.3, -0.25) is 4.79 Å². The van der Waals surface area contributed by atoms with Crippen LogP contribution in [0.2, 0.25) is 0 Å². The Hall–Kier alpha value is -3.80. The van der Waals surface area contributed by atoms with Crippen molar-refractivity contribution in [3.8, 4) is 11.3 Å². The Labute approximate surface area is 225 Å². The molecule has 2 heterocycles. The Morgan fingerprint density at radius 2 is 1.63 bits per heavy atom. The van der Waals surface area contributed by atoms with Gasteiger partial charge in [0.1, 0.15) is 5.69 Å². The van der Waals surface area contributed by atoms with Crippen LogP contribution in [0, 0.1) is 0 Å². The van der Waals surface area contributed by atoms with Crippen LogP contribution < -0.4 is 5.32 Å². The number of aryl methyl sites for hydroxylation is 1. The number of hydrogen-bond acceptors (Lipinski definition) is 3. The number of amides is 1. The third-order valence-electron chi connectivity index (χ3n) is 6.85. The Morgan fingerprint density at radius 1 is 0.947 bits per heavy atom. The molecular formula is C32H39N3O3. The van der Waals surface area contributed by atoms with Gasteiger partial charge in [0.25, 0.3) is 5.91 Å². The molecule has 2 aromatic heterocycles. The average Bonchev–Trinajstić information content (AvgIpc) is 3.42. The van der Waals surface area contributed by atoms with E-state index in [9.17, 15) is 9.59 Å². The van der Waals surface area contributed by atoms with Crippen LogP contribution in [0.15, 0.2) is 60.7 Å². The molecule has 1 amide bonds. The summed E-state index contributed by atoms with van der Waals surface area (Å²) in [5.41, 5.74) is 5.88. The van der Waals surface area contributed by atoms with Gasteiger partial charge in [-0.25, -0.2) is 4.79 Å². The minimum atomic E-state index is -0.430. The smallest absolute Gasteiger partial charge is 0.339 e. The SMILES string of the molecule is CCCCn1c(C(=O)NC(C)(C)C)cc(C(=O)OC)c1Cc1c(-c2ccccc2)n(CC)c2ccccc12. The van der Waals surface area contributed by atoms with Crippen LogP contribution in [0.4, 0.5) is 0 Å². The van der Waals surface area contributed by atoms with E-state index in [0.29, 0.717) is 24.2 Å². The number of nitrogens with zero attached hydrogens (tertiary/aromatic N) is 2. The number of carbonyl (C=O) groups is 2. The zero-order valence-corrected chi connectivity index (χ0v) is 23.4. The molecule has 0 aliphatic carbocycles. The molecule has 4 rings (SSSR count). The number of hydrogen-bond donors (Lipinski definition) is 1. The molecule has 2 aromatic carbocycles. The maximum absolute atomic E-state index is 13.4. The van der Waals surface area contributed by atoms with E-state index in [2.05, 4.69) is 72.3 Å². The lowest BCUT2D eigenvalue weighted by Crippen LogP contribution is -2.41. The first kappa shape index (κ1) is 27.2. The molecule has 0 fully saturated rings. The number of fused-ring (bicyclic) bond motifs is 1. The van der Waals surface area contributed by atoms with Crippen molar-refractivity contribution < 1.29 is 14.3 Å². The predicted molar refractivity (Wildman–Crippen MR) is 154 cm³/mol. The van der Waals surface area contributed by atoms with Crippen molar-refractivity contribution in [2.45, 2.75) is 72.5 Å². The molecule has 0 unspecified atom stereocenters. The molecule has 6 heteroatoms. The normalized spacial score (nSPS) is 11.6. The predicted octanol–water partition coefficient (Wildman–Crippen LogP) is 6.84. The van der Waals surface area contributed by atoms with Crippen LogP contribution in [-0.2, 0) is 24.2 Å². The van der Waals surface area contributed by atoms with Crippen LogP contribution in [0.3, 0.4) is 0 Å². The van der Waals surface area contributed by atoms with Gasteiger partial charge in [0.2, 0.25) is 0 Å². The summed E-state index contributed by atoms with van der Waals surface area (Å²) in [4.78, 5) is 26.5. The lowest BCUT2D eigenvalue weighted by atomic mass is 9.99. The largest absolute Gasteiger partial charge is 0.465 e. The second kappa shape index (κ2) is 11.3. The number of nitrogens with one attached hydrogen (secondary N) is 1. The van der Waals surface area contributed by atoms with Gasteiger partial charge in [0.15, 0.2) is 0 Å². The highest BCUT2D eigenvalue weighted by atomic mass is 16.5. The van der Waals surface area contributed by atoms with E-state index in [-0.39, 0.29) is 5.91 Å². The fourth-order valence-corrected chi connectivity index (χ4v) is 5.21. The maximum Gasteiger partial charge on any atom is 0.339 e. The third-order valence-corrected chi connectivity index (χ3v) is 6.85. The van der Waals surface area contributed by atoms with Crippen molar-refractivity contribution in [3.63, 3.8) is 0 Å². The Kier molecular flexibility index (Phi) is 8.10. The number of esters is 1. The number of para-hydroxylation sites is 1. The van der Waals surface area contributed by atoms with Gasteiger partial charge in [-0.05, 0) is 57.4 Å². The van der Waals surface area contributed by atoms with Gasteiger partial charge < -0.3 is 19.2 Å². The number of rotatable bonds is 9. The quantitative estimate of drug-likeness (QED) is 0.249. The number of benzene rings is 2. The monoisotopic (exact) mass is 513 g/mol. The first-order valence-electron chi connectivity index (χ1n) is 13.5. The summed E-state index contributed by atoms with van der Waals surface area (Å²) in [5.74, 6) is -0.621. The minimum absolute atomic E-state index is 0.190. The fourth-order valence-electron chi connectivity index (χ4n) is 5.21. The number of ether oxygens (including phenoxy) is 1. The Balaban J connectivity index is 1.98. The summed E-state index contributed by atoms with van der Waals surface area (Å²) in [6, 6.07) is 20.5. The van der Waals surface area contributed by atoms with Crippen molar-refractivity contribution >= 4 is 22.8 Å². The molecule has 0 spiro atoms. The number of aromatic nitrogens is 2. The Morgan fingerprint density at radius 3 is 2.26 bits per heavy atom. The molecule has 1 N–H and O–H groups in total. The summed E-state index contributed by atoms with van der Waals surface area (Å²) in [6.07, 6.45) is 2.35. The lowest BCUT2D eigenvalue weighted by Gasteiger charge is -2.22. The molecule has 0 radical (unpaired) electrons. The minimum Gasteiger partial charge on any atom is -0.465 e. The van der Waals surface area contributed by atoms with Gasteiger partial charge >= 0.3 is 5.97 Å². The summed E-state index contributed by atoms with van der Waals surface area (Å²) >= 11 is 0. The fraction of sp³-hybridized carbons (Fsp3) is 0.375. The summed E-state index contributed by atoms with van der Waals surface area (Å²) < 4.78 is 9.58. The standard InChI is InChI=1S/C32H39N3O3/c1-7-9-19-35-27(25(31(37)38-6)21-28(35)30(36)33-32(3,4)5)20-24-23-17-13-14-18-26(23)34(8-2)29(24)22-15-11-10-12-16-22/h10-18,21H,7-9,19-20H2,1-6H3,(H,33,36). The van der Waals surface area contributed by atoms with Crippen molar-refractivity contribution in [2.24, 2.45) is 0 Å². The van der Waals surface area contributed by atoms with Gasteiger partial charge in [0.05, 0.1) is 18.4 Å². The van der Waals surface area contributed by atoms with Crippen LogP contribution in [0.5, 0.6) is 0 Å². The van der Waals surface area contributed by atoms with E-state index in [0.717, 1.165) is 52.8 Å². The maximum atomic E-state index is 13.4. The van der Waals surface area contributed by atoms with Gasteiger partial charge in [-0.2, -0.15) is 0 Å².